The Balaban J connectivity index is 2.11. The number of nitrogens with one attached hydrogen (secondary N) is 1. The first kappa shape index (κ1) is 20.6. The van der Waals surface area contributed by atoms with Crippen molar-refractivity contribution < 1.29 is 35.9 Å². The molecule has 0 unspecified atom stereocenters. The lowest BCUT2D eigenvalue weighted by atomic mass is 10.1. The summed E-state index contributed by atoms with van der Waals surface area (Å²) in [7, 11) is 1.49. The Hall–Kier alpha value is -2.71. The van der Waals surface area contributed by atoms with Crippen LogP contribution in [0.3, 0.4) is 0 Å². The highest BCUT2D eigenvalue weighted by molar-refractivity contribution is 5.91. The summed E-state index contributed by atoms with van der Waals surface area (Å²) in [5, 5.41) is 2.10. The predicted octanol–water partition coefficient (Wildman–Crippen LogP) is 5.30. The number of hydrogen-bond acceptors (Lipinski definition) is 2. The van der Waals surface area contributed by atoms with Crippen LogP contribution in [0.15, 0.2) is 42.5 Å². The summed E-state index contributed by atoms with van der Waals surface area (Å²) in [6.07, 6.45) is -9.78. The molecule has 0 aliphatic carbocycles. The Morgan fingerprint density at radius 2 is 1.44 bits per heavy atom. The molecular weight excluding hydrogens is 376 g/mol. The number of carbonyl (C=O) groups excluding carboxylic acids is 1. The summed E-state index contributed by atoms with van der Waals surface area (Å²) in [6, 6.07) is 7.72. The second-order valence-corrected chi connectivity index (χ2v) is 5.69. The second kappa shape index (κ2) is 7.89. The number of halogens is 6. The van der Waals surface area contributed by atoms with Gasteiger partial charge in [-0.1, -0.05) is 12.1 Å². The van der Waals surface area contributed by atoms with Crippen LogP contribution in [0.2, 0.25) is 0 Å². The molecule has 0 saturated heterocycles. The number of hydrogen-bond donors (Lipinski definition) is 1. The Morgan fingerprint density at radius 3 is 1.89 bits per heavy atom. The predicted molar refractivity (Wildman–Crippen MR) is 86.4 cm³/mol. The van der Waals surface area contributed by atoms with Crippen LogP contribution in [0.4, 0.5) is 32.0 Å². The van der Waals surface area contributed by atoms with Crippen molar-refractivity contribution in [1.29, 1.82) is 0 Å². The maximum absolute atomic E-state index is 12.8. The molecule has 0 aliphatic heterocycles. The lowest BCUT2D eigenvalue weighted by molar-refractivity contribution is -0.143. The molecular formula is C18H15F6NO2. The van der Waals surface area contributed by atoms with Crippen LogP contribution in [0.5, 0.6) is 5.75 Å². The van der Waals surface area contributed by atoms with Gasteiger partial charge >= 0.3 is 12.4 Å². The molecule has 0 aliphatic rings. The van der Waals surface area contributed by atoms with E-state index in [1.807, 2.05) is 0 Å². The summed E-state index contributed by atoms with van der Waals surface area (Å²) in [5.41, 5.74) is -2.76. The van der Waals surface area contributed by atoms with Gasteiger partial charge in [0, 0.05) is 12.1 Å². The number of benzene rings is 2. The van der Waals surface area contributed by atoms with Gasteiger partial charge in [-0.3, -0.25) is 4.79 Å². The van der Waals surface area contributed by atoms with Gasteiger partial charge in [-0.15, -0.1) is 0 Å². The monoisotopic (exact) mass is 391 g/mol. The Labute approximate surface area is 150 Å². The maximum Gasteiger partial charge on any atom is 0.416 e. The molecule has 0 aromatic heterocycles. The molecule has 1 amide bonds. The zero-order valence-electron chi connectivity index (χ0n) is 14.0. The number of ether oxygens (including phenoxy) is 1. The topological polar surface area (TPSA) is 38.3 Å². The number of methoxy groups -OCH3 is 1. The lowest BCUT2D eigenvalue weighted by Gasteiger charge is -2.14. The van der Waals surface area contributed by atoms with Gasteiger partial charge in [-0.25, -0.2) is 0 Å². The molecule has 146 valence electrons. The average molecular weight is 391 g/mol. The molecule has 2 aromatic carbocycles. The fraction of sp³-hybridized carbons (Fsp3) is 0.278. The van der Waals surface area contributed by atoms with Gasteiger partial charge in [-0.2, -0.15) is 26.3 Å². The summed E-state index contributed by atoms with van der Waals surface area (Å²) >= 11 is 0. The molecule has 0 atom stereocenters. The van der Waals surface area contributed by atoms with Crippen LogP contribution in [-0.4, -0.2) is 13.0 Å². The van der Waals surface area contributed by atoms with Gasteiger partial charge in [0.1, 0.15) is 5.75 Å². The fourth-order valence-electron chi connectivity index (χ4n) is 2.30. The van der Waals surface area contributed by atoms with E-state index >= 15 is 0 Å². The Kier molecular flexibility index (Phi) is 6.02. The number of carbonyl (C=O) groups is 1. The number of amides is 1. The molecule has 0 fully saturated rings. The number of alkyl halides is 6. The summed E-state index contributed by atoms with van der Waals surface area (Å²) in [4.78, 5) is 11.9. The molecule has 1 N–H and O–H groups in total. The highest BCUT2D eigenvalue weighted by Crippen LogP contribution is 2.37. The largest absolute Gasteiger partial charge is 0.497 e. The quantitative estimate of drug-likeness (QED) is 0.702. The molecule has 2 rings (SSSR count). The van der Waals surface area contributed by atoms with Crippen LogP contribution in [-0.2, 0) is 23.6 Å². The van der Waals surface area contributed by atoms with E-state index in [-0.39, 0.29) is 18.9 Å². The third-order valence-electron chi connectivity index (χ3n) is 3.67. The van der Waals surface area contributed by atoms with Crippen LogP contribution < -0.4 is 10.1 Å². The summed E-state index contributed by atoms with van der Waals surface area (Å²) in [5.74, 6) is -0.0786. The van der Waals surface area contributed by atoms with E-state index in [4.69, 9.17) is 4.74 Å². The van der Waals surface area contributed by atoms with Crippen molar-refractivity contribution in [3.63, 3.8) is 0 Å². The SMILES string of the molecule is COc1ccc(CCC(=O)Nc2cc(C(F)(F)F)cc(C(F)(F)F)c2)cc1. The minimum absolute atomic E-state index is 0.00696. The van der Waals surface area contributed by atoms with Crippen molar-refractivity contribution in [3.8, 4) is 5.75 Å². The van der Waals surface area contributed by atoms with Crippen molar-refractivity contribution >= 4 is 11.6 Å². The first-order chi connectivity index (χ1) is 12.5. The van der Waals surface area contributed by atoms with Gasteiger partial charge in [0.25, 0.3) is 0 Å². The van der Waals surface area contributed by atoms with E-state index in [9.17, 15) is 31.1 Å². The standard InChI is InChI=1S/C18H15F6NO2/c1-27-15-5-2-11(3-6-15)4-7-16(26)25-14-9-12(17(19,20)21)8-13(10-14)18(22,23)24/h2-3,5-6,8-10H,4,7H2,1H3,(H,25,26). The summed E-state index contributed by atoms with van der Waals surface area (Å²) < 4.78 is 81.9. The zero-order chi connectivity index (χ0) is 20.2. The number of aryl methyl sites for hydroxylation is 1. The third-order valence-corrected chi connectivity index (χ3v) is 3.67. The molecule has 2 aromatic rings. The van der Waals surface area contributed by atoms with Crippen molar-refractivity contribution in [2.45, 2.75) is 25.2 Å². The third kappa shape index (κ3) is 5.90. The number of rotatable bonds is 5. The van der Waals surface area contributed by atoms with Gasteiger partial charge in [0.15, 0.2) is 0 Å². The van der Waals surface area contributed by atoms with Crippen LogP contribution >= 0.6 is 0 Å². The van der Waals surface area contributed by atoms with Crippen molar-refractivity contribution in [2.24, 2.45) is 0 Å². The second-order valence-electron chi connectivity index (χ2n) is 5.69. The van der Waals surface area contributed by atoms with Crippen molar-refractivity contribution in [1.82, 2.24) is 0 Å². The van der Waals surface area contributed by atoms with Crippen LogP contribution in [0.1, 0.15) is 23.1 Å². The average Bonchev–Trinajstić information content (AvgIpc) is 2.58. The van der Waals surface area contributed by atoms with Gasteiger partial charge in [-0.05, 0) is 42.3 Å². The van der Waals surface area contributed by atoms with E-state index in [2.05, 4.69) is 5.32 Å². The van der Waals surface area contributed by atoms with Gasteiger partial charge in [0.05, 0.1) is 18.2 Å². The smallest absolute Gasteiger partial charge is 0.416 e. The molecule has 3 nitrogen and oxygen atoms in total. The summed E-state index contributed by atoms with van der Waals surface area (Å²) in [6.45, 7) is 0. The number of anilines is 1. The molecule has 0 radical (unpaired) electrons. The van der Waals surface area contributed by atoms with E-state index in [0.717, 1.165) is 5.56 Å². The van der Waals surface area contributed by atoms with E-state index in [1.54, 1.807) is 24.3 Å². The molecule has 27 heavy (non-hydrogen) atoms. The lowest BCUT2D eigenvalue weighted by Crippen LogP contribution is -2.16. The first-order valence-corrected chi connectivity index (χ1v) is 7.71. The van der Waals surface area contributed by atoms with Crippen molar-refractivity contribution in [2.75, 3.05) is 12.4 Å². The van der Waals surface area contributed by atoms with E-state index in [1.165, 1.54) is 7.11 Å². The van der Waals surface area contributed by atoms with Gasteiger partial charge < -0.3 is 10.1 Å². The highest BCUT2D eigenvalue weighted by atomic mass is 19.4. The molecule has 9 heteroatoms. The Morgan fingerprint density at radius 1 is 0.926 bits per heavy atom. The molecule has 0 spiro atoms. The highest BCUT2D eigenvalue weighted by Gasteiger charge is 2.37. The Bertz CT molecular complexity index is 765. The van der Waals surface area contributed by atoms with Crippen LogP contribution in [0, 0.1) is 0 Å². The van der Waals surface area contributed by atoms with Crippen LogP contribution in [0.25, 0.3) is 0 Å². The zero-order valence-corrected chi connectivity index (χ0v) is 14.0. The molecule has 0 bridgehead atoms. The van der Waals surface area contributed by atoms with Crippen molar-refractivity contribution in [3.05, 3.63) is 59.2 Å². The van der Waals surface area contributed by atoms with Gasteiger partial charge in [0.2, 0.25) is 5.91 Å². The van der Waals surface area contributed by atoms with E-state index in [0.29, 0.717) is 17.9 Å². The fourth-order valence-corrected chi connectivity index (χ4v) is 2.30. The minimum Gasteiger partial charge on any atom is -0.497 e. The normalized spacial score (nSPS) is 12.0. The minimum atomic E-state index is -4.97. The maximum atomic E-state index is 12.8. The molecule has 0 heterocycles. The van der Waals surface area contributed by atoms with E-state index < -0.39 is 35.1 Å². The first-order valence-electron chi connectivity index (χ1n) is 7.71. The molecule has 0 saturated carbocycles.